The van der Waals surface area contributed by atoms with Gasteiger partial charge in [0.1, 0.15) is 24.4 Å². The first kappa shape index (κ1) is 34.7. The highest BCUT2D eigenvalue weighted by Gasteiger charge is 2.43. The van der Waals surface area contributed by atoms with Gasteiger partial charge in [-0.25, -0.2) is 0 Å². The molecule has 37 heavy (non-hydrogen) atoms. The number of aliphatic hydroxyl groups is 2. The van der Waals surface area contributed by atoms with Crippen molar-refractivity contribution >= 4 is 0 Å². The predicted molar refractivity (Wildman–Crippen MR) is 148 cm³/mol. The second kappa shape index (κ2) is 23.5. The molecule has 0 aromatic carbocycles. The highest BCUT2D eigenvalue weighted by Crippen LogP contribution is 2.21. The Hall–Kier alpha value is -0.360. The molecule has 0 spiro atoms. The predicted octanol–water partition coefficient (Wildman–Crippen LogP) is 2.84. The Balaban J connectivity index is 2.04. The summed E-state index contributed by atoms with van der Waals surface area (Å²) < 4.78 is 22.9. The molecule has 0 bridgehead atoms. The number of hydrogen-bond donors (Lipinski definition) is 5. The maximum atomic E-state index is 10.3. The van der Waals surface area contributed by atoms with E-state index in [0.29, 0.717) is 32.8 Å². The fourth-order valence-electron chi connectivity index (χ4n) is 4.62. The van der Waals surface area contributed by atoms with Gasteiger partial charge in [0.15, 0.2) is 6.29 Å². The van der Waals surface area contributed by atoms with Gasteiger partial charge in [0.05, 0.1) is 19.3 Å². The molecule has 0 aromatic heterocycles. The third-order valence-corrected chi connectivity index (χ3v) is 7.14. The van der Waals surface area contributed by atoms with E-state index in [-0.39, 0.29) is 12.7 Å². The summed E-state index contributed by atoms with van der Waals surface area (Å²) in [7, 11) is 1.61. The Morgan fingerprint density at radius 1 is 0.838 bits per heavy atom. The minimum atomic E-state index is -1.14. The van der Waals surface area contributed by atoms with Crippen LogP contribution in [0.3, 0.4) is 0 Å². The highest BCUT2D eigenvalue weighted by molar-refractivity contribution is 4.92. The molecule has 0 aliphatic carbocycles. The fourth-order valence-corrected chi connectivity index (χ4v) is 4.62. The van der Waals surface area contributed by atoms with Crippen LogP contribution in [0.5, 0.6) is 0 Å². The molecule has 9 heteroatoms. The van der Waals surface area contributed by atoms with Gasteiger partial charge in [-0.05, 0) is 6.42 Å². The van der Waals surface area contributed by atoms with E-state index in [9.17, 15) is 10.2 Å². The minimum absolute atomic E-state index is 0.222. The second-order valence-corrected chi connectivity index (χ2v) is 10.5. The van der Waals surface area contributed by atoms with Gasteiger partial charge in [0.25, 0.3) is 0 Å². The topological polar surface area (TPSA) is 141 Å². The number of ether oxygens (including phenoxy) is 4. The molecule has 9 nitrogen and oxygen atoms in total. The van der Waals surface area contributed by atoms with Crippen LogP contribution in [0.1, 0.15) is 96.8 Å². The number of unbranched alkanes of at least 4 members (excludes halogenated alkanes) is 13. The van der Waals surface area contributed by atoms with Crippen molar-refractivity contribution in [3.8, 4) is 0 Å². The van der Waals surface area contributed by atoms with Crippen molar-refractivity contribution in [2.75, 3.05) is 46.6 Å². The third kappa shape index (κ3) is 16.4. The molecule has 0 aromatic rings. The molecule has 0 radical (unpaired) electrons. The number of methoxy groups -OCH3 is 1. The van der Waals surface area contributed by atoms with Crippen LogP contribution in [0.25, 0.3) is 0 Å². The number of hydrogen-bond acceptors (Lipinski definition) is 9. The molecule has 1 aliphatic heterocycles. The van der Waals surface area contributed by atoms with E-state index in [1.165, 1.54) is 83.5 Å². The molecule has 1 aliphatic rings. The molecule has 222 valence electrons. The SMILES string of the molecule is CCCCCCCCCCCCCCCCOCC(CO[C@@H]1OC(CNCCN)[C@@H](O)[C@H](O)C1N)OC. The zero-order chi connectivity index (χ0) is 27.1. The van der Waals surface area contributed by atoms with Crippen molar-refractivity contribution < 1.29 is 29.2 Å². The van der Waals surface area contributed by atoms with Crippen molar-refractivity contribution in [2.45, 2.75) is 134 Å². The van der Waals surface area contributed by atoms with Crippen LogP contribution in [0.15, 0.2) is 0 Å². The van der Waals surface area contributed by atoms with Gasteiger partial charge >= 0.3 is 0 Å². The number of nitrogens with two attached hydrogens (primary N) is 2. The molecule has 7 N–H and O–H groups in total. The lowest BCUT2D eigenvalue weighted by Gasteiger charge is -2.41. The van der Waals surface area contributed by atoms with Crippen LogP contribution in [-0.2, 0) is 18.9 Å². The summed E-state index contributed by atoms with van der Waals surface area (Å²) in [4.78, 5) is 0. The molecule has 1 fully saturated rings. The van der Waals surface area contributed by atoms with Crippen LogP contribution < -0.4 is 16.8 Å². The van der Waals surface area contributed by atoms with E-state index in [1.807, 2.05) is 0 Å². The Morgan fingerprint density at radius 2 is 1.41 bits per heavy atom. The van der Waals surface area contributed by atoms with E-state index >= 15 is 0 Å². The molecule has 0 saturated carbocycles. The smallest absolute Gasteiger partial charge is 0.175 e. The zero-order valence-corrected chi connectivity index (χ0v) is 23.8. The Morgan fingerprint density at radius 3 is 1.95 bits per heavy atom. The number of nitrogens with one attached hydrogen (secondary N) is 1. The fraction of sp³-hybridized carbons (Fsp3) is 1.00. The van der Waals surface area contributed by atoms with Crippen molar-refractivity contribution in [2.24, 2.45) is 11.5 Å². The van der Waals surface area contributed by atoms with E-state index in [2.05, 4.69) is 12.2 Å². The lowest BCUT2D eigenvalue weighted by Crippen LogP contribution is -2.63. The third-order valence-electron chi connectivity index (χ3n) is 7.14. The molecule has 1 rings (SSSR count). The summed E-state index contributed by atoms with van der Waals surface area (Å²) in [6.45, 7) is 5.02. The minimum Gasteiger partial charge on any atom is -0.388 e. The standard InChI is InChI=1S/C28H59N3O6/c1-3-4-5-6-7-8-9-10-11-12-13-14-15-16-19-35-21-23(34-2)22-36-28-25(30)27(33)26(32)24(37-28)20-31-18-17-29/h23-28,31-33H,3-22,29-30H2,1-2H3/t23?,24?,25?,26-,27-,28-/m1/s1. The first-order chi connectivity index (χ1) is 18.0. The van der Waals surface area contributed by atoms with Crippen LogP contribution in [0.2, 0.25) is 0 Å². The number of rotatable bonds is 25. The Bertz CT molecular complexity index is 505. The molecule has 1 saturated heterocycles. The van der Waals surface area contributed by atoms with Crippen LogP contribution >= 0.6 is 0 Å². The normalized spacial score (nSPS) is 25.0. The van der Waals surface area contributed by atoms with Crippen molar-refractivity contribution in [1.29, 1.82) is 0 Å². The average molecular weight is 534 g/mol. The largest absolute Gasteiger partial charge is 0.388 e. The molecule has 1 heterocycles. The summed E-state index contributed by atoms with van der Waals surface area (Å²) in [5.74, 6) is 0. The number of aliphatic hydroxyl groups excluding tert-OH is 2. The lowest BCUT2D eigenvalue weighted by molar-refractivity contribution is -0.264. The highest BCUT2D eigenvalue weighted by atomic mass is 16.7. The van der Waals surface area contributed by atoms with Crippen LogP contribution in [0, 0.1) is 0 Å². The van der Waals surface area contributed by atoms with Gasteiger partial charge in [0.2, 0.25) is 0 Å². The maximum Gasteiger partial charge on any atom is 0.175 e. The monoisotopic (exact) mass is 533 g/mol. The van der Waals surface area contributed by atoms with E-state index in [0.717, 1.165) is 6.42 Å². The maximum absolute atomic E-state index is 10.3. The molecule has 0 amide bonds. The Labute approximate surface area is 226 Å². The second-order valence-electron chi connectivity index (χ2n) is 10.5. The van der Waals surface area contributed by atoms with E-state index in [1.54, 1.807) is 7.11 Å². The zero-order valence-electron chi connectivity index (χ0n) is 23.8. The van der Waals surface area contributed by atoms with Gasteiger partial charge in [-0.1, -0.05) is 90.4 Å². The summed E-state index contributed by atoms with van der Waals surface area (Å²) in [5, 5.41) is 23.6. The summed E-state index contributed by atoms with van der Waals surface area (Å²) in [6, 6.07) is -0.852. The molecule has 6 atom stereocenters. The van der Waals surface area contributed by atoms with Gasteiger partial charge in [0, 0.05) is 33.4 Å². The summed E-state index contributed by atoms with van der Waals surface area (Å²) >= 11 is 0. The lowest BCUT2D eigenvalue weighted by atomic mass is 9.97. The summed E-state index contributed by atoms with van der Waals surface area (Å²) in [6.07, 6.45) is 14.7. The van der Waals surface area contributed by atoms with Crippen molar-refractivity contribution in [3.63, 3.8) is 0 Å². The quantitative estimate of drug-likeness (QED) is 0.112. The Kier molecular flexibility index (Phi) is 22.0. The van der Waals surface area contributed by atoms with E-state index < -0.39 is 30.6 Å². The van der Waals surface area contributed by atoms with Crippen molar-refractivity contribution in [3.05, 3.63) is 0 Å². The van der Waals surface area contributed by atoms with Crippen LogP contribution in [0.4, 0.5) is 0 Å². The first-order valence-corrected chi connectivity index (χ1v) is 14.9. The van der Waals surface area contributed by atoms with Crippen LogP contribution in [-0.4, -0.2) is 93.5 Å². The van der Waals surface area contributed by atoms with E-state index in [4.69, 9.17) is 30.4 Å². The van der Waals surface area contributed by atoms with Gasteiger partial charge < -0.3 is 45.9 Å². The molecular formula is C28H59N3O6. The van der Waals surface area contributed by atoms with Gasteiger partial charge in [-0.15, -0.1) is 0 Å². The summed E-state index contributed by atoms with van der Waals surface area (Å²) in [5.41, 5.74) is 11.5. The molecular weight excluding hydrogens is 474 g/mol. The van der Waals surface area contributed by atoms with Crippen molar-refractivity contribution in [1.82, 2.24) is 5.32 Å². The van der Waals surface area contributed by atoms with Gasteiger partial charge in [-0.2, -0.15) is 0 Å². The average Bonchev–Trinajstić information content (AvgIpc) is 2.90. The first-order valence-electron chi connectivity index (χ1n) is 14.9. The van der Waals surface area contributed by atoms with Gasteiger partial charge in [-0.3, -0.25) is 0 Å². The molecule has 3 unspecified atom stereocenters.